The quantitative estimate of drug-likeness (QED) is 0.556. The second kappa shape index (κ2) is 10.3. The molecule has 2 heterocycles. The van der Waals surface area contributed by atoms with E-state index in [1.807, 2.05) is 36.2 Å². The first-order valence-corrected chi connectivity index (χ1v) is 12.3. The number of hydrogen-bond donors (Lipinski definition) is 0. The van der Waals surface area contributed by atoms with Crippen molar-refractivity contribution in [2.24, 2.45) is 5.92 Å². The lowest BCUT2D eigenvalue weighted by atomic mass is 10.0. The van der Waals surface area contributed by atoms with Crippen molar-refractivity contribution in [3.05, 3.63) is 108 Å². The maximum absolute atomic E-state index is 6.30. The molecule has 0 radical (unpaired) electrons. The number of allylic oxidation sites excluding steroid dienone is 4. The average Bonchev–Trinajstić information content (AvgIpc) is 3.29. The van der Waals surface area contributed by atoms with Crippen molar-refractivity contribution in [1.29, 1.82) is 0 Å². The molecule has 0 N–H and O–H groups in total. The molecule has 5 rings (SSSR count). The largest absolute Gasteiger partial charge is 0.497 e. The fourth-order valence-corrected chi connectivity index (χ4v) is 5.35. The molecule has 5 heteroatoms. The zero-order valence-electron chi connectivity index (χ0n) is 18.8. The smallest absolute Gasteiger partial charge is 0.144 e. The van der Waals surface area contributed by atoms with Gasteiger partial charge in [-0.05, 0) is 35.4 Å². The summed E-state index contributed by atoms with van der Waals surface area (Å²) in [6.45, 7) is 2.29. The molecule has 0 amide bonds. The van der Waals surface area contributed by atoms with Crippen LogP contribution < -0.4 is 4.74 Å². The van der Waals surface area contributed by atoms with Gasteiger partial charge in [-0.1, -0.05) is 60.7 Å². The van der Waals surface area contributed by atoms with Crippen LogP contribution in [-0.2, 0) is 11.3 Å². The number of aromatic nitrogens is 1. The number of nitrogens with zero attached hydrogens (tertiary/aromatic N) is 2. The maximum atomic E-state index is 6.30. The summed E-state index contributed by atoms with van der Waals surface area (Å²) >= 11 is 1.94. The van der Waals surface area contributed by atoms with E-state index >= 15 is 0 Å². The molecule has 1 aromatic heterocycles. The highest BCUT2D eigenvalue weighted by atomic mass is 32.2. The Hall–Kier alpha value is -3.02. The van der Waals surface area contributed by atoms with E-state index < -0.39 is 0 Å². The van der Waals surface area contributed by atoms with Crippen LogP contribution >= 0.6 is 11.8 Å². The van der Waals surface area contributed by atoms with Crippen LogP contribution in [-0.4, -0.2) is 41.3 Å². The van der Waals surface area contributed by atoms with E-state index in [-0.39, 0.29) is 5.92 Å². The van der Waals surface area contributed by atoms with Gasteiger partial charge in [0.1, 0.15) is 23.9 Å². The first-order chi connectivity index (χ1) is 16.3. The predicted octanol–water partition coefficient (Wildman–Crippen LogP) is 5.72. The minimum atomic E-state index is 0.271. The zero-order chi connectivity index (χ0) is 22.5. The summed E-state index contributed by atoms with van der Waals surface area (Å²) in [5.41, 5.74) is 4.71. The molecule has 1 atom stereocenters. The van der Waals surface area contributed by atoms with Crippen molar-refractivity contribution in [2.75, 3.05) is 26.1 Å². The van der Waals surface area contributed by atoms with E-state index in [0.29, 0.717) is 12.0 Å². The van der Waals surface area contributed by atoms with Gasteiger partial charge in [-0.25, -0.2) is 0 Å². The van der Waals surface area contributed by atoms with Crippen molar-refractivity contribution in [1.82, 2.24) is 9.88 Å². The lowest BCUT2D eigenvalue weighted by Crippen LogP contribution is -2.28. The third-order valence-corrected chi connectivity index (χ3v) is 7.15. The molecule has 0 saturated heterocycles. The van der Waals surface area contributed by atoms with E-state index in [9.17, 15) is 0 Å². The Morgan fingerprint density at radius 3 is 2.67 bits per heavy atom. The van der Waals surface area contributed by atoms with E-state index in [0.717, 1.165) is 36.0 Å². The molecule has 4 nitrogen and oxygen atoms in total. The van der Waals surface area contributed by atoms with Gasteiger partial charge < -0.3 is 9.47 Å². The average molecular weight is 457 g/mol. The number of rotatable bonds is 6. The van der Waals surface area contributed by atoms with Crippen molar-refractivity contribution in [2.45, 2.75) is 11.8 Å². The molecule has 2 aliphatic carbocycles. The molecule has 1 aromatic carbocycles. The SMILES string of the molecule is COc1ccc(CN2COC3=CC(C=C(CSC4C=CC=CC=C4)c4cccnc43)C2)cc1. The van der Waals surface area contributed by atoms with Gasteiger partial charge in [0.15, 0.2) is 0 Å². The summed E-state index contributed by atoms with van der Waals surface area (Å²) in [6, 6.07) is 12.5. The van der Waals surface area contributed by atoms with Crippen molar-refractivity contribution >= 4 is 23.1 Å². The van der Waals surface area contributed by atoms with Crippen molar-refractivity contribution < 1.29 is 9.47 Å². The van der Waals surface area contributed by atoms with E-state index in [4.69, 9.17) is 14.5 Å². The van der Waals surface area contributed by atoms with Crippen LogP contribution in [0.5, 0.6) is 5.75 Å². The monoisotopic (exact) mass is 456 g/mol. The number of hydrogen-bond acceptors (Lipinski definition) is 5. The first kappa shape index (κ1) is 21.8. The Morgan fingerprint density at radius 2 is 1.88 bits per heavy atom. The fraction of sp³-hybridized carbons (Fsp3) is 0.250. The molecule has 0 spiro atoms. The highest BCUT2D eigenvalue weighted by Gasteiger charge is 2.26. The number of ether oxygens (including phenoxy) is 2. The van der Waals surface area contributed by atoms with Crippen LogP contribution in [0.4, 0.5) is 0 Å². The summed E-state index contributed by atoms with van der Waals surface area (Å²) in [4.78, 5) is 7.07. The van der Waals surface area contributed by atoms with Crippen LogP contribution in [0.3, 0.4) is 0 Å². The van der Waals surface area contributed by atoms with Crippen molar-refractivity contribution in [3.63, 3.8) is 0 Å². The molecule has 1 aliphatic heterocycles. The van der Waals surface area contributed by atoms with Gasteiger partial charge in [0.25, 0.3) is 0 Å². The normalized spacial score (nSPS) is 20.1. The second-order valence-electron chi connectivity index (χ2n) is 8.35. The van der Waals surface area contributed by atoms with E-state index in [2.05, 4.69) is 71.7 Å². The van der Waals surface area contributed by atoms with Gasteiger partial charge in [0, 0.05) is 41.8 Å². The first-order valence-electron chi connectivity index (χ1n) is 11.3. The molecule has 0 saturated carbocycles. The van der Waals surface area contributed by atoms with E-state index in [1.165, 1.54) is 16.7 Å². The summed E-state index contributed by atoms with van der Waals surface area (Å²) in [7, 11) is 1.70. The van der Waals surface area contributed by atoms with Crippen LogP contribution in [0.15, 0.2) is 91.2 Å². The molecular formula is C28H28N2O2S. The fourth-order valence-electron chi connectivity index (χ4n) is 4.33. The third kappa shape index (κ3) is 5.32. The minimum Gasteiger partial charge on any atom is -0.497 e. The number of pyridine rings is 1. The predicted molar refractivity (Wildman–Crippen MR) is 137 cm³/mol. The van der Waals surface area contributed by atoms with Crippen LogP contribution in [0, 0.1) is 5.92 Å². The van der Waals surface area contributed by atoms with Gasteiger partial charge in [-0.2, -0.15) is 0 Å². The Bertz CT molecular complexity index is 1110. The molecule has 0 fully saturated rings. The number of benzene rings is 1. The molecule has 2 bridgehead atoms. The zero-order valence-corrected chi connectivity index (χ0v) is 19.6. The van der Waals surface area contributed by atoms with Gasteiger partial charge in [0.05, 0.1) is 7.11 Å². The van der Waals surface area contributed by atoms with Gasteiger partial charge in [-0.15, -0.1) is 11.8 Å². The third-order valence-electron chi connectivity index (χ3n) is 5.97. The molecular weight excluding hydrogens is 428 g/mol. The number of thioether (sulfide) groups is 1. The van der Waals surface area contributed by atoms with Gasteiger partial charge >= 0.3 is 0 Å². The minimum absolute atomic E-state index is 0.271. The Labute approximate surface area is 200 Å². The highest BCUT2D eigenvalue weighted by Crippen LogP contribution is 2.35. The summed E-state index contributed by atoms with van der Waals surface area (Å²) in [5.74, 6) is 2.97. The van der Waals surface area contributed by atoms with Gasteiger partial charge in [-0.3, -0.25) is 9.88 Å². The lowest BCUT2D eigenvalue weighted by Gasteiger charge is -2.24. The van der Waals surface area contributed by atoms with E-state index in [1.54, 1.807) is 7.11 Å². The standard InChI is InChI=1S/C28H28N2O2S/c1-31-24-12-10-21(11-13-24)17-30-18-22-15-23(19-33-25-7-4-2-3-5-8-25)26-9-6-14-29-28(26)27(16-22)32-20-30/h2-16,22,25H,17-20H2,1H3. The van der Waals surface area contributed by atoms with Crippen LogP contribution in [0.2, 0.25) is 0 Å². The summed E-state index contributed by atoms with van der Waals surface area (Å²) < 4.78 is 11.6. The maximum Gasteiger partial charge on any atom is 0.144 e. The molecule has 33 heavy (non-hydrogen) atoms. The Kier molecular flexibility index (Phi) is 6.79. The number of methoxy groups -OCH3 is 1. The van der Waals surface area contributed by atoms with Crippen LogP contribution in [0.1, 0.15) is 16.8 Å². The number of fused-ring (bicyclic) bond motifs is 3. The lowest BCUT2D eigenvalue weighted by molar-refractivity contribution is 0.102. The molecule has 3 aliphatic rings. The summed E-state index contributed by atoms with van der Waals surface area (Å²) in [5, 5.41) is 0.367. The molecule has 2 aromatic rings. The van der Waals surface area contributed by atoms with Gasteiger partial charge in [0.2, 0.25) is 0 Å². The Morgan fingerprint density at radius 1 is 1.06 bits per heavy atom. The second-order valence-corrected chi connectivity index (χ2v) is 9.52. The van der Waals surface area contributed by atoms with Crippen LogP contribution in [0.25, 0.3) is 11.3 Å². The molecule has 1 unspecified atom stereocenters. The summed E-state index contributed by atoms with van der Waals surface area (Å²) in [6.07, 6.45) is 19.4. The highest BCUT2D eigenvalue weighted by molar-refractivity contribution is 8.00. The molecule has 168 valence electrons. The Balaban J connectivity index is 1.36. The topological polar surface area (TPSA) is 34.6 Å². The van der Waals surface area contributed by atoms with Crippen molar-refractivity contribution in [3.8, 4) is 5.75 Å².